The summed E-state index contributed by atoms with van der Waals surface area (Å²) in [4.78, 5) is 0. The van der Waals surface area contributed by atoms with Crippen LogP contribution in [0.25, 0.3) is 5.76 Å². The Morgan fingerprint density at radius 2 is 2.10 bits per heavy atom. The van der Waals surface area contributed by atoms with Crippen molar-refractivity contribution in [3.05, 3.63) is 51.4 Å². The molecule has 1 heterocycles. The van der Waals surface area contributed by atoms with Gasteiger partial charge in [0.05, 0.1) is 12.1 Å². The monoisotopic (exact) mass is 395 g/mol. The molecule has 0 amide bonds. The third kappa shape index (κ3) is 3.11. The first-order chi connectivity index (χ1) is 9.29. The summed E-state index contributed by atoms with van der Waals surface area (Å²) in [6.45, 7) is 3.47. The zero-order valence-electron chi connectivity index (χ0n) is 10.0. The average molecular weight is 395 g/mol. The molecular weight excluding hydrogens is 386 g/mol. The maximum atomic E-state index is 12.6. The summed E-state index contributed by atoms with van der Waals surface area (Å²) in [6.07, 6.45) is -4.38. The number of nitrogens with zero attached hydrogens (tertiary/aromatic N) is 3. The number of hydrogen-bond acceptors (Lipinski definition) is 3. The molecule has 0 aliphatic carbocycles. The fourth-order valence-electron chi connectivity index (χ4n) is 1.60. The minimum absolute atomic E-state index is 0.127. The molecule has 8 heteroatoms. The summed E-state index contributed by atoms with van der Waals surface area (Å²) < 4.78 is 39.7. The highest BCUT2D eigenvalue weighted by molar-refractivity contribution is 14.1. The van der Waals surface area contributed by atoms with Gasteiger partial charge >= 0.3 is 6.18 Å². The Balaban J connectivity index is 2.29. The smallest absolute Gasteiger partial charge is 0.416 e. The number of aromatic nitrogens is 3. The van der Waals surface area contributed by atoms with Crippen LogP contribution >= 0.6 is 22.6 Å². The molecular formula is C12H9F3IN3O. The van der Waals surface area contributed by atoms with Crippen molar-refractivity contribution in [2.45, 2.75) is 12.7 Å². The third-order valence-corrected chi connectivity index (χ3v) is 3.60. The van der Waals surface area contributed by atoms with Gasteiger partial charge in [-0.2, -0.15) is 13.2 Å². The Morgan fingerprint density at radius 1 is 1.40 bits per heavy atom. The molecule has 0 bridgehead atoms. The number of benzene rings is 1. The molecule has 0 atom stereocenters. The number of halogens is 4. The van der Waals surface area contributed by atoms with Gasteiger partial charge in [0.1, 0.15) is 9.46 Å². The van der Waals surface area contributed by atoms with Gasteiger partial charge in [-0.1, -0.05) is 23.9 Å². The highest BCUT2D eigenvalue weighted by atomic mass is 127. The van der Waals surface area contributed by atoms with E-state index in [9.17, 15) is 18.3 Å². The summed E-state index contributed by atoms with van der Waals surface area (Å²) in [5, 5.41) is 16.8. The van der Waals surface area contributed by atoms with Crippen LogP contribution in [0.3, 0.4) is 0 Å². The number of aliphatic hydroxyl groups is 1. The lowest BCUT2D eigenvalue weighted by Gasteiger charge is -2.09. The largest absolute Gasteiger partial charge is 0.506 e. The molecule has 1 aromatic carbocycles. The summed E-state index contributed by atoms with van der Waals surface area (Å²) in [7, 11) is 0. The Hall–Kier alpha value is -1.58. The molecule has 0 spiro atoms. The lowest BCUT2D eigenvalue weighted by Crippen LogP contribution is -2.08. The summed E-state index contributed by atoms with van der Waals surface area (Å²) >= 11 is 1.90. The molecule has 0 saturated heterocycles. The minimum Gasteiger partial charge on any atom is -0.506 e. The Bertz CT molecular complexity index is 652. The van der Waals surface area contributed by atoms with E-state index in [0.29, 0.717) is 9.26 Å². The SMILES string of the molecule is C=C(O)c1nnn(Cc2cccc(C(F)(F)F)c2)c1I. The van der Waals surface area contributed by atoms with Crippen LogP contribution in [-0.2, 0) is 12.7 Å². The molecule has 1 aromatic heterocycles. The lowest BCUT2D eigenvalue weighted by atomic mass is 10.1. The van der Waals surface area contributed by atoms with E-state index in [2.05, 4.69) is 16.9 Å². The van der Waals surface area contributed by atoms with Gasteiger partial charge in [0.2, 0.25) is 0 Å². The molecule has 106 valence electrons. The molecule has 0 aliphatic heterocycles. The van der Waals surface area contributed by atoms with Gasteiger partial charge < -0.3 is 5.11 Å². The zero-order chi connectivity index (χ0) is 14.9. The van der Waals surface area contributed by atoms with Gasteiger partial charge in [0.15, 0.2) is 5.69 Å². The van der Waals surface area contributed by atoms with E-state index < -0.39 is 11.7 Å². The molecule has 0 aliphatic rings. The summed E-state index contributed by atoms with van der Waals surface area (Å²) in [5.74, 6) is -0.232. The van der Waals surface area contributed by atoms with E-state index in [-0.39, 0.29) is 18.0 Å². The molecule has 0 fully saturated rings. The van der Waals surface area contributed by atoms with Gasteiger partial charge in [-0.15, -0.1) is 5.10 Å². The van der Waals surface area contributed by atoms with Gasteiger partial charge in [0.25, 0.3) is 0 Å². The van der Waals surface area contributed by atoms with Crippen LogP contribution in [-0.4, -0.2) is 20.1 Å². The Labute approximate surface area is 126 Å². The second-order valence-corrected chi connectivity index (χ2v) is 5.05. The van der Waals surface area contributed by atoms with E-state index in [4.69, 9.17) is 0 Å². The van der Waals surface area contributed by atoms with Gasteiger partial charge in [-0.25, -0.2) is 4.68 Å². The highest BCUT2D eigenvalue weighted by Crippen LogP contribution is 2.29. The van der Waals surface area contributed by atoms with Crippen LogP contribution in [0.2, 0.25) is 0 Å². The van der Waals surface area contributed by atoms with Crippen LogP contribution in [0.15, 0.2) is 30.8 Å². The van der Waals surface area contributed by atoms with Crippen molar-refractivity contribution in [1.29, 1.82) is 0 Å². The topological polar surface area (TPSA) is 50.9 Å². The van der Waals surface area contributed by atoms with Crippen LogP contribution in [0.1, 0.15) is 16.8 Å². The number of alkyl halides is 3. The van der Waals surface area contributed by atoms with Crippen molar-refractivity contribution in [3.63, 3.8) is 0 Å². The van der Waals surface area contributed by atoms with Crippen LogP contribution in [0, 0.1) is 3.70 Å². The van der Waals surface area contributed by atoms with E-state index in [1.165, 1.54) is 10.7 Å². The van der Waals surface area contributed by atoms with Crippen LogP contribution in [0.5, 0.6) is 0 Å². The van der Waals surface area contributed by atoms with Crippen molar-refractivity contribution in [3.8, 4) is 0 Å². The maximum Gasteiger partial charge on any atom is 0.416 e. The first kappa shape index (κ1) is 14.8. The first-order valence-corrected chi connectivity index (χ1v) is 6.50. The fourth-order valence-corrected chi connectivity index (χ4v) is 2.28. The van der Waals surface area contributed by atoms with Crippen molar-refractivity contribution >= 4 is 28.4 Å². The number of rotatable bonds is 3. The van der Waals surface area contributed by atoms with Crippen molar-refractivity contribution in [1.82, 2.24) is 15.0 Å². The Kier molecular flexibility index (Phi) is 4.02. The predicted molar refractivity (Wildman–Crippen MR) is 74.9 cm³/mol. The maximum absolute atomic E-state index is 12.6. The zero-order valence-corrected chi connectivity index (χ0v) is 12.2. The standard InChI is InChI=1S/C12H9F3IN3O/c1-7(20)10-11(16)19(18-17-10)6-8-3-2-4-9(5-8)12(13,14)15/h2-5,20H,1,6H2. The van der Waals surface area contributed by atoms with Crippen LogP contribution in [0.4, 0.5) is 13.2 Å². The van der Waals surface area contributed by atoms with Crippen molar-refractivity contribution in [2.75, 3.05) is 0 Å². The second-order valence-electron chi connectivity index (χ2n) is 4.03. The Morgan fingerprint density at radius 3 is 2.65 bits per heavy atom. The average Bonchev–Trinajstić information content (AvgIpc) is 2.70. The molecule has 2 rings (SSSR count). The predicted octanol–water partition coefficient (Wildman–Crippen LogP) is 3.48. The summed E-state index contributed by atoms with van der Waals surface area (Å²) in [5.41, 5.74) is -0.0489. The van der Waals surface area contributed by atoms with Crippen LogP contribution < -0.4 is 0 Å². The fraction of sp³-hybridized carbons (Fsp3) is 0.167. The second kappa shape index (κ2) is 5.43. The summed E-state index contributed by atoms with van der Waals surface area (Å²) in [6, 6.07) is 4.98. The number of hydrogen-bond donors (Lipinski definition) is 1. The molecule has 4 nitrogen and oxygen atoms in total. The number of aliphatic hydroxyl groups excluding tert-OH is 1. The van der Waals surface area contributed by atoms with Crippen molar-refractivity contribution in [2.24, 2.45) is 0 Å². The highest BCUT2D eigenvalue weighted by Gasteiger charge is 2.30. The van der Waals surface area contributed by atoms with Gasteiger partial charge in [-0.05, 0) is 40.3 Å². The first-order valence-electron chi connectivity index (χ1n) is 5.42. The molecule has 20 heavy (non-hydrogen) atoms. The van der Waals surface area contributed by atoms with E-state index in [1.54, 1.807) is 6.07 Å². The van der Waals surface area contributed by atoms with Crippen molar-refractivity contribution < 1.29 is 18.3 Å². The van der Waals surface area contributed by atoms with E-state index in [1.807, 2.05) is 22.6 Å². The lowest BCUT2D eigenvalue weighted by molar-refractivity contribution is -0.137. The van der Waals surface area contributed by atoms with Gasteiger partial charge in [0, 0.05) is 0 Å². The normalized spacial score (nSPS) is 11.6. The molecule has 0 radical (unpaired) electrons. The third-order valence-electron chi connectivity index (χ3n) is 2.53. The quantitative estimate of drug-likeness (QED) is 0.640. The van der Waals surface area contributed by atoms with E-state index in [0.717, 1.165) is 12.1 Å². The van der Waals surface area contributed by atoms with Gasteiger partial charge in [-0.3, -0.25) is 0 Å². The molecule has 1 N–H and O–H groups in total. The molecule has 2 aromatic rings. The molecule has 0 saturated carbocycles. The van der Waals surface area contributed by atoms with E-state index >= 15 is 0 Å². The minimum atomic E-state index is -4.38. The molecule has 0 unspecified atom stereocenters.